The molecule has 0 bridgehead atoms. The number of rotatable bonds is 11. The zero-order valence-electron chi connectivity index (χ0n) is 17.8. The molecule has 1 heterocycles. The Bertz CT molecular complexity index is 771. The van der Waals surface area contributed by atoms with E-state index in [4.69, 9.17) is 0 Å². The maximum absolute atomic E-state index is 14.2. The van der Waals surface area contributed by atoms with Crippen molar-refractivity contribution < 1.29 is 4.39 Å². The van der Waals surface area contributed by atoms with Crippen molar-refractivity contribution in [3.8, 4) is 0 Å². The van der Waals surface area contributed by atoms with Gasteiger partial charge in [0, 0.05) is 6.54 Å². The van der Waals surface area contributed by atoms with E-state index < -0.39 is 0 Å². The van der Waals surface area contributed by atoms with Crippen molar-refractivity contribution in [1.29, 1.82) is 0 Å². The summed E-state index contributed by atoms with van der Waals surface area (Å²) in [7, 11) is 0. The Balaban J connectivity index is 1.14. The van der Waals surface area contributed by atoms with Crippen LogP contribution in [0.2, 0.25) is 0 Å². The third-order valence-corrected chi connectivity index (χ3v) is 7.50. The molecule has 2 aromatic rings. The molecule has 4 rings (SSSR count). The number of fused-ring (bicyclic) bond motifs is 1. The Morgan fingerprint density at radius 1 is 0.862 bits per heavy atom. The molecule has 0 aromatic heterocycles. The molecular weight excluding hydrogens is 357 g/mol. The van der Waals surface area contributed by atoms with Crippen molar-refractivity contribution in [3.63, 3.8) is 0 Å². The number of hydrogen-bond donors (Lipinski definition) is 1. The van der Waals surface area contributed by atoms with Gasteiger partial charge in [0.2, 0.25) is 0 Å². The van der Waals surface area contributed by atoms with Crippen LogP contribution < -0.4 is 5.32 Å². The van der Waals surface area contributed by atoms with E-state index in [1.165, 1.54) is 69.2 Å². The molecule has 1 aliphatic heterocycles. The van der Waals surface area contributed by atoms with E-state index >= 15 is 0 Å². The molecule has 2 unspecified atom stereocenters. The maximum atomic E-state index is 14.2. The second-order valence-corrected chi connectivity index (χ2v) is 9.41. The topological polar surface area (TPSA) is 12.0 Å². The highest BCUT2D eigenvalue weighted by atomic mass is 19.1. The Kier molecular flexibility index (Phi) is 7.02. The van der Waals surface area contributed by atoms with Gasteiger partial charge in [0.15, 0.2) is 0 Å². The van der Waals surface area contributed by atoms with E-state index in [-0.39, 0.29) is 5.82 Å². The zero-order valence-corrected chi connectivity index (χ0v) is 17.8. The molecule has 0 amide bonds. The molecule has 2 atom stereocenters. The van der Waals surface area contributed by atoms with E-state index in [2.05, 4.69) is 41.7 Å². The lowest BCUT2D eigenvalue weighted by atomic mass is 9.60. The molecule has 2 heteroatoms. The fourth-order valence-corrected chi connectivity index (χ4v) is 5.45. The normalized spacial score (nSPS) is 23.0. The van der Waals surface area contributed by atoms with Gasteiger partial charge in [-0.25, -0.2) is 4.39 Å². The molecule has 1 nitrogen and oxygen atoms in total. The van der Waals surface area contributed by atoms with E-state index in [1.54, 1.807) is 6.07 Å². The van der Waals surface area contributed by atoms with Gasteiger partial charge in [-0.3, -0.25) is 0 Å². The van der Waals surface area contributed by atoms with Crippen molar-refractivity contribution in [2.24, 2.45) is 11.3 Å². The maximum Gasteiger partial charge on any atom is 0.126 e. The van der Waals surface area contributed by atoms with Crippen LogP contribution in [0.4, 0.5) is 4.39 Å². The summed E-state index contributed by atoms with van der Waals surface area (Å²) < 4.78 is 14.2. The summed E-state index contributed by atoms with van der Waals surface area (Å²) in [6.07, 6.45) is 13.5. The lowest BCUT2D eigenvalue weighted by molar-refractivity contribution is 0.0714. The molecule has 1 N–H and O–H groups in total. The van der Waals surface area contributed by atoms with Gasteiger partial charge in [0.25, 0.3) is 0 Å². The second-order valence-electron chi connectivity index (χ2n) is 9.41. The predicted molar refractivity (Wildman–Crippen MR) is 120 cm³/mol. The first kappa shape index (κ1) is 20.6. The van der Waals surface area contributed by atoms with E-state index in [0.29, 0.717) is 5.41 Å². The van der Waals surface area contributed by atoms with Crippen LogP contribution in [0.5, 0.6) is 0 Å². The third-order valence-electron chi connectivity index (χ3n) is 7.50. The zero-order chi connectivity index (χ0) is 19.9. The molecule has 2 aliphatic rings. The van der Waals surface area contributed by atoms with Crippen LogP contribution in [-0.2, 0) is 19.3 Å². The average molecular weight is 394 g/mol. The molecule has 156 valence electrons. The van der Waals surface area contributed by atoms with Crippen molar-refractivity contribution in [2.75, 3.05) is 13.1 Å². The lowest BCUT2D eigenvalue weighted by Gasteiger charge is -2.44. The summed E-state index contributed by atoms with van der Waals surface area (Å²) in [6, 6.07) is 16.3. The molecule has 1 saturated heterocycles. The van der Waals surface area contributed by atoms with Crippen LogP contribution in [-0.4, -0.2) is 13.1 Å². The Hall–Kier alpha value is -1.67. The largest absolute Gasteiger partial charge is 0.316 e. The molecular formula is C27H36FN. The van der Waals surface area contributed by atoms with Crippen LogP contribution in [0.15, 0.2) is 48.5 Å². The van der Waals surface area contributed by atoms with Crippen LogP contribution >= 0.6 is 0 Å². The van der Waals surface area contributed by atoms with Crippen LogP contribution in [0, 0.1) is 17.2 Å². The van der Waals surface area contributed by atoms with Gasteiger partial charge in [0.05, 0.1) is 0 Å². The standard InChI is InChI=1S/C27H36FN/c28-26-15-14-23(13-12-22-9-5-4-6-10-22)19-24(26)11-7-2-1-3-8-17-27-18-16-25(27)20-29-21-27/h4-6,9-10,14-15,19,25,29H,1-3,7-8,11-13,16-18,20-21H2. The molecule has 0 radical (unpaired) electrons. The van der Waals surface area contributed by atoms with Crippen LogP contribution in [0.3, 0.4) is 0 Å². The average Bonchev–Trinajstić information content (AvgIpc) is 3.02. The predicted octanol–water partition coefficient (Wildman–Crippen LogP) is 6.49. The second kappa shape index (κ2) is 9.89. The van der Waals surface area contributed by atoms with Crippen molar-refractivity contribution in [3.05, 3.63) is 71.0 Å². The molecule has 2 fully saturated rings. The monoisotopic (exact) mass is 393 g/mol. The summed E-state index contributed by atoms with van der Waals surface area (Å²) in [5, 5.41) is 3.60. The van der Waals surface area contributed by atoms with Crippen molar-refractivity contribution >= 4 is 0 Å². The molecule has 1 aliphatic carbocycles. The summed E-state index contributed by atoms with van der Waals surface area (Å²) in [5.74, 6) is 0.942. The Labute approximate surface area is 176 Å². The molecule has 1 saturated carbocycles. The van der Waals surface area contributed by atoms with Gasteiger partial charge in [-0.15, -0.1) is 0 Å². The van der Waals surface area contributed by atoms with Crippen molar-refractivity contribution in [1.82, 2.24) is 5.32 Å². The quantitative estimate of drug-likeness (QED) is 0.430. The summed E-state index contributed by atoms with van der Waals surface area (Å²) >= 11 is 0. The van der Waals surface area contributed by atoms with Gasteiger partial charge in [-0.05, 0) is 85.6 Å². The number of halogens is 1. The Morgan fingerprint density at radius 3 is 2.45 bits per heavy atom. The van der Waals surface area contributed by atoms with Gasteiger partial charge < -0.3 is 5.32 Å². The molecule has 0 spiro atoms. The number of benzene rings is 2. The SMILES string of the molecule is Fc1ccc(CCc2ccccc2)cc1CCCCCCCC12CCC1CNC2. The minimum Gasteiger partial charge on any atom is -0.316 e. The highest BCUT2D eigenvalue weighted by Crippen LogP contribution is 2.52. The minimum atomic E-state index is -0.0303. The van der Waals surface area contributed by atoms with E-state index in [1.807, 2.05) is 6.07 Å². The van der Waals surface area contributed by atoms with Gasteiger partial charge in [-0.1, -0.05) is 68.1 Å². The number of unbranched alkanes of at least 4 members (excludes halogenated alkanes) is 4. The molecule has 29 heavy (non-hydrogen) atoms. The number of aryl methyl sites for hydroxylation is 3. The number of hydrogen-bond acceptors (Lipinski definition) is 1. The first-order valence-electron chi connectivity index (χ1n) is 11.8. The Morgan fingerprint density at radius 2 is 1.66 bits per heavy atom. The first-order valence-corrected chi connectivity index (χ1v) is 11.8. The summed E-state index contributed by atoms with van der Waals surface area (Å²) in [6.45, 7) is 2.52. The van der Waals surface area contributed by atoms with Crippen LogP contribution in [0.1, 0.15) is 68.1 Å². The third kappa shape index (κ3) is 5.28. The number of nitrogens with one attached hydrogen (secondary N) is 1. The van der Waals surface area contributed by atoms with Gasteiger partial charge in [0.1, 0.15) is 5.82 Å². The highest BCUT2D eigenvalue weighted by Gasteiger charge is 2.48. The first-order chi connectivity index (χ1) is 14.3. The van der Waals surface area contributed by atoms with E-state index in [9.17, 15) is 4.39 Å². The van der Waals surface area contributed by atoms with Crippen molar-refractivity contribution in [2.45, 2.75) is 70.6 Å². The molecule has 2 aromatic carbocycles. The van der Waals surface area contributed by atoms with E-state index in [0.717, 1.165) is 37.2 Å². The summed E-state index contributed by atoms with van der Waals surface area (Å²) in [4.78, 5) is 0. The fourth-order valence-electron chi connectivity index (χ4n) is 5.45. The fraction of sp³-hybridized carbons (Fsp3) is 0.556. The van der Waals surface area contributed by atoms with Crippen LogP contribution in [0.25, 0.3) is 0 Å². The smallest absolute Gasteiger partial charge is 0.126 e. The van der Waals surface area contributed by atoms with Gasteiger partial charge >= 0.3 is 0 Å². The highest BCUT2D eigenvalue weighted by molar-refractivity contribution is 5.27. The summed E-state index contributed by atoms with van der Waals surface area (Å²) in [5.41, 5.74) is 4.18. The lowest BCUT2D eigenvalue weighted by Crippen LogP contribution is -2.39. The minimum absolute atomic E-state index is 0.0303. The van der Waals surface area contributed by atoms with Gasteiger partial charge in [-0.2, -0.15) is 0 Å².